The molecule has 0 amide bonds. The van der Waals surface area contributed by atoms with Gasteiger partial charge in [0.25, 0.3) is 0 Å². The number of carbonyl (C=O) groups excluding carboxylic acids is 1. The molecule has 0 aliphatic carbocycles. The smallest absolute Gasteiger partial charge is 0.200 e. The van der Waals surface area contributed by atoms with Crippen LogP contribution in [0.15, 0.2) is 132 Å². The van der Waals surface area contributed by atoms with Crippen LogP contribution >= 0.6 is 7.26 Å². The molecule has 25 heteroatoms. The van der Waals surface area contributed by atoms with Crippen molar-refractivity contribution in [1.29, 1.82) is 10.5 Å². The number of rotatable bonds is 11. The van der Waals surface area contributed by atoms with E-state index >= 15 is 35.1 Å². The van der Waals surface area contributed by atoms with Crippen LogP contribution in [-0.2, 0) is 0 Å². The molecule has 0 spiro atoms. The molecule has 3 nitrogen and oxygen atoms in total. The average molecular weight is 1140 g/mol. The van der Waals surface area contributed by atoms with Gasteiger partial charge in [-0.1, -0.05) is 84.9 Å². The van der Waals surface area contributed by atoms with Crippen LogP contribution in [0, 0.1) is 139 Å². The highest BCUT2D eigenvalue weighted by Gasteiger charge is 2.53. The van der Waals surface area contributed by atoms with Crippen LogP contribution in [-0.4, -0.2) is 18.1 Å². The largest absolute Gasteiger partial charge is 0.289 e. The van der Waals surface area contributed by atoms with Crippen molar-refractivity contribution in [2.45, 2.75) is 0 Å². The molecule has 8 aromatic carbocycles. The lowest BCUT2D eigenvalue weighted by Crippen LogP contribution is -2.81. The maximum Gasteiger partial charge on any atom is 0.200 e. The third kappa shape index (κ3) is 9.43. The van der Waals surface area contributed by atoms with Crippen LogP contribution in [0.1, 0.15) is 10.4 Å². The average Bonchev–Trinajstić information content (AvgIpc) is 3.60. The summed E-state index contributed by atoms with van der Waals surface area (Å²) in [4.78, 5) is 13.7. The molecule has 0 unspecified atom stereocenters. The van der Waals surface area contributed by atoms with Crippen molar-refractivity contribution in [3.63, 3.8) is 0 Å². The van der Waals surface area contributed by atoms with Crippen molar-refractivity contribution in [3.05, 3.63) is 254 Å². The summed E-state index contributed by atoms with van der Waals surface area (Å²) in [5.41, 5.74) is -13.8. The Kier molecular flexibility index (Phi) is 16.6. The molecule has 0 aromatic heterocycles. The zero-order valence-corrected chi connectivity index (χ0v) is 39.5. The molecule has 0 fully saturated rings. The number of hydrogen-bond donors (Lipinski definition) is 0. The van der Waals surface area contributed by atoms with Gasteiger partial charge in [-0.15, -0.1) is 21.9 Å². The first-order chi connectivity index (χ1) is 37.4. The van der Waals surface area contributed by atoms with Gasteiger partial charge in [0.05, 0.1) is 5.57 Å². The molecule has 0 aliphatic heterocycles. The van der Waals surface area contributed by atoms with Gasteiger partial charge in [-0.3, -0.25) is 4.79 Å². The first-order valence-corrected chi connectivity index (χ1v) is 23.8. The zero-order chi connectivity index (χ0) is 58.2. The van der Waals surface area contributed by atoms with E-state index < -0.39 is 152 Å². The quantitative estimate of drug-likeness (QED) is 0.0189. The second kappa shape index (κ2) is 22.7. The number of ketones is 1. The normalized spacial score (nSPS) is 11.4. The highest BCUT2D eigenvalue weighted by Crippen LogP contribution is 2.57. The second-order valence-electron chi connectivity index (χ2n) is 16.5. The topological polar surface area (TPSA) is 64.7 Å². The van der Waals surface area contributed by atoms with Gasteiger partial charge >= 0.3 is 0 Å². The number of carbonyl (C=O) groups is 1. The Balaban J connectivity index is 0.000000237. The molecule has 0 saturated carbocycles. The van der Waals surface area contributed by atoms with Crippen LogP contribution in [0.5, 0.6) is 0 Å². The van der Waals surface area contributed by atoms with Crippen LogP contribution in [0.3, 0.4) is 0 Å². The van der Waals surface area contributed by atoms with Crippen molar-refractivity contribution in [2.24, 2.45) is 0 Å². The van der Waals surface area contributed by atoms with Crippen molar-refractivity contribution >= 4 is 57.0 Å². The van der Waals surface area contributed by atoms with Gasteiger partial charge in [0.2, 0.25) is 0 Å². The first kappa shape index (κ1) is 57.9. The Morgan fingerprint density at radius 1 is 0.329 bits per heavy atom. The number of nitriles is 2. The van der Waals surface area contributed by atoms with E-state index in [0.717, 1.165) is 15.9 Å². The molecule has 0 heterocycles. The highest BCUT2D eigenvalue weighted by molar-refractivity contribution is 7.95. The Hall–Kier alpha value is -8.76. The molecule has 0 bridgehead atoms. The fraction of sp³-hybridized carbons (Fsp3) is 0.0185. The van der Waals surface area contributed by atoms with Crippen LogP contribution in [0.4, 0.5) is 87.8 Å². The molecule has 8 aromatic rings. The summed E-state index contributed by atoms with van der Waals surface area (Å²) in [5.74, 6) is -71.7. The fourth-order valence-electron chi connectivity index (χ4n) is 9.07. The summed E-state index contributed by atoms with van der Waals surface area (Å²) in [6, 6.07) is 43.2. The van der Waals surface area contributed by atoms with Crippen molar-refractivity contribution in [3.8, 4) is 12.1 Å². The number of Topliss-reactive ketones (excluding diaryl/α,β-unsaturated/α-hetero) is 1. The van der Waals surface area contributed by atoms with Gasteiger partial charge in [0.1, 0.15) is 99.7 Å². The Bertz CT molecular complexity index is 3360. The number of nitrogens with zero attached hydrogens (tertiary/aromatic N) is 2. The Morgan fingerprint density at radius 3 is 0.747 bits per heavy atom. The third-order valence-corrected chi connectivity index (χ3v) is 16.9. The minimum Gasteiger partial charge on any atom is -0.289 e. The molecule has 0 radical (unpaired) electrons. The van der Waals surface area contributed by atoms with E-state index in [9.17, 15) is 68.0 Å². The predicted octanol–water partition coefficient (Wildman–Crippen LogP) is 11.1. The molecular formula is C54H22BF20N2OP. The van der Waals surface area contributed by atoms with E-state index in [1.54, 1.807) is 24.3 Å². The van der Waals surface area contributed by atoms with Gasteiger partial charge in [-0.2, -0.15) is 10.5 Å². The van der Waals surface area contributed by atoms with E-state index in [-0.39, 0.29) is 23.1 Å². The van der Waals surface area contributed by atoms with E-state index in [1.807, 2.05) is 72.8 Å². The van der Waals surface area contributed by atoms with E-state index in [0.29, 0.717) is 5.56 Å². The molecule has 0 saturated heterocycles. The number of hydrogen-bond acceptors (Lipinski definition) is 3. The Morgan fingerprint density at radius 2 is 0.532 bits per heavy atom. The zero-order valence-electron chi connectivity index (χ0n) is 38.6. The summed E-state index contributed by atoms with van der Waals surface area (Å²) in [5, 5.41) is 22.9. The van der Waals surface area contributed by atoms with Crippen LogP contribution in [0.25, 0.3) is 0 Å². The monoisotopic (exact) mass is 1140 g/mol. The lowest BCUT2D eigenvalue weighted by Gasteiger charge is -2.44. The lowest BCUT2D eigenvalue weighted by atomic mass is 9.12. The second-order valence-corrected chi connectivity index (χ2v) is 20.0. The lowest BCUT2D eigenvalue weighted by molar-refractivity contribution is 0.103. The summed E-state index contributed by atoms with van der Waals surface area (Å²) < 4.78 is 294. The minimum atomic E-state index is -7.22. The summed E-state index contributed by atoms with van der Waals surface area (Å²) in [6.07, 6.45) is -6.94. The van der Waals surface area contributed by atoms with Crippen molar-refractivity contribution < 1.29 is 92.6 Å². The standard InChI is InChI=1S/C30H22N2OP.C24BF20/c31-21-25(22-32)29(30(33)24-13-5-1-6-14-24)23-34(26-15-7-2-8-16-26,27-17-9-3-10-18-27)28-19-11-4-12-20-28;26-5-1(6(27)14(35)21(42)13(5)34)25(2-7(28)15(36)22(43)16(37)8(2)29,3-9(30)17(38)23(44)18(39)10(3)31)4-11(32)19(40)24(45)20(41)12(4)33/h1-20H,23H2;/q+1;-1. The maximum absolute atomic E-state index is 15.4. The van der Waals surface area contributed by atoms with Gasteiger partial charge in [0.15, 0.2) is 75.6 Å². The molecule has 0 atom stereocenters. The fourth-order valence-corrected chi connectivity index (χ4v) is 13.3. The van der Waals surface area contributed by atoms with Crippen molar-refractivity contribution in [2.75, 3.05) is 6.16 Å². The van der Waals surface area contributed by atoms with Gasteiger partial charge in [-0.25, -0.2) is 87.8 Å². The van der Waals surface area contributed by atoms with E-state index in [1.165, 1.54) is 0 Å². The summed E-state index contributed by atoms with van der Waals surface area (Å²) in [6.45, 7) is 0. The third-order valence-electron chi connectivity index (χ3n) is 12.5. The minimum absolute atomic E-state index is 0.138. The van der Waals surface area contributed by atoms with Crippen LogP contribution < -0.4 is 37.8 Å². The molecule has 0 aliphatic rings. The van der Waals surface area contributed by atoms with E-state index in [4.69, 9.17) is 0 Å². The molecule has 0 N–H and O–H groups in total. The number of halogens is 20. The predicted molar refractivity (Wildman–Crippen MR) is 248 cm³/mol. The number of allylic oxidation sites excluding steroid dienone is 2. The first-order valence-electron chi connectivity index (χ1n) is 21.8. The van der Waals surface area contributed by atoms with Gasteiger partial charge in [-0.05, 0) is 36.4 Å². The molecule has 79 heavy (non-hydrogen) atoms. The Labute approximate surface area is 431 Å². The molecule has 402 valence electrons. The van der Waals surface area contributed by atoms with Crippen molar-refractivity contribution in [1.82, 2.24) is 0 Å². The van der Waals surface area contributed by atoms with Crippen LogP contribution in [0.2, 0.25) is 0 Å². The van der Waals surface area contributed by atoms with Gasteiger partial charge in [0, 0.05) is 5.56 Å². The number of benzene rings is 8. The highest BCUT2D eigenvalue weighted by atomic mass is 31.2. The maximum atomic E-state index is 15.4. The van der Waals surface area contributed by atoms with E-state index in [2.05, 4.69) is 36.4 Å². The molecule has 8 rings (SSSR count). The molecular weight excluding hydrogens is 1110 g/mol. The van der Waals surface area contributed by atoms with Gasteiger partial charge < -0.3 is 0 Å². The summed E-state index contributed by atoms with van der Waals surface area (Å²) >= 11 is 0. The summed E-state index contributed by atoms with van der Waals surface area (Å²) in [7, 11) is -2.44. The SMILES string of the molecule is Fc1c(F)c(F)c([B-](c2c(F)c(F)c(F)c(F)c2F)(c2c(F)c(F)c(F)c(F)c2F)c2c(F)c(F)c(F)c(F)c2F)c(F)c1F.N#CC(C#N)=C(C[P+](c1ccccc1)(c1ccccc1)c1ccccc1)C(=O)c1ccccc1.